The van der Waals surface area contributed by atoms with E-state index in [2.05, 4.69) is 4.98 Å². The highest BCUT2D eigenvalue weighted by molar-refractivity contribution is 7.98. The van der Waals surface area contributed by atoms with Crippen molar-refractivity contribution in [3.8, 4) is 0 Å². The topological polar surface area (TPSA) is 100.0 Å². The lowest BCUT2D eigenvalue weighted by Crippen LogP contribution is -2.38. The van der Waals surface area contributed by atoms with Gasteiger partial charge >= 0.3 is 11.3 Å². The van der Waals surface area contributed by atoms with Crippen molar-refractivity contribution in [1.82, 2.24) is 19.1 Å². The second-order valence-electron chi connectivity index (χ2n) is 9.32. The molecule has 0 aliphatic heterocycles. The molecule has 9 heteroatoms. The van der Waals surface area contributed by atoms with Crippen LogP contribution in [0.5, 0.6) is 0 Å². The van der Waals surface area contributed by atoms with Crippen LogP contribution in [0, 0.1) is 13.8 Å². The molecule has 0 saturated carbocycles. The predicted molar refractivity (Wildman–Crippen MR) is 130 cm³/mol. The first kappa shape index (κ1) is 23.0. The van der Waals surface area contributed by atoms with Gasteiger partial charge in [-0.3, -0.25) is 13.9 Å². The Hall–Kier alpha value is -3.20. The maximum absolute atomic E-state index is 13.0. The number of hydrogen-bond acceptors (Lipinski definition) is 7. The number of benzene rings is 1. The van der Waals surface area contributed by atoms with Gasteiger partial charge in [0.15, 0.2) is 5.65 Å². The Morgan fingerprint density at radius 3 is 2.30 bits per heavy atom. The molecule has 0 N–H and O–H groups in total. The lowest BCUT2D eigenvalue weighted by molar-refractivity contribution is 0.539. The molecule has 8 nitrogen and oxygen atoms in total. The lowest BCUT2D eigenvalue weighted by Gasteiger charge is -2.19. The van der Waals surface area contributed by atoms with Gasteiger partial charge in [0.05, 0.1) is 0 Å². The minimum absolute atomic E-state index is 0.289. The molecule has 0 amide bonds. The minimum atomic E-state index is -0.445. The molecule has 0 unspecified atom stereocenters. The molecule has 33 heavy (non-hydrogen) atoms. The third-order valence-corrected chi connectivity index (χ3v) is 6.77. The van der Waals surface area contributed by atoms with E-state index >= 15 is 0 Å². The van der Waals surface area contributed by atoms with E-state index in [-0.39, 0.29) is 5.39 Å². The quantitative estimate of drug-likeness (QED) is 0.259. The largest absolute Gasteiger partial charge is 0.423 e. The van der Waals surface area contributed by atoms with Crippen molar-refractivity contribution >= 4 is 33.8 Å². The van der Waals surface area contributed by atoms with Crippen molar-refractivity contribution in [3.63, 3.8) is 0 Å². The summed E-state index contributed by atoms with van der Waals surface area (Å²) in [6.07, 6.45) is 0. The zero-order valence-electron chi connectivity index (χ0n) is 19.8. The Balaban J connectivity index is 1.93. The zero-order valence-corrected chi connectivity index (χ0v) is 20.6. The summed E-state index contributed by atoms with van der Waals surface area (Å²) in [5, 5.41) is 1.61. The fraction of sp³-hybridized carbons (Fsp3) is 0.375. The van der Waals surface area contributed by atoms with Crippen LogP contribution in [0.4, 0.5) is 0 Å². The highest BCUT2D eigenvalue weighted by atomic mass is 32.2. The Morgan fingerprint density at radius 1 is 0.970 bits per heavy atom. The van der Waals surface area contributed by atoms with Crippen LogP contribution in [0.25, 0.3) is 22.0 Å². The minimum Gasteiger partial charge on any atom is -0.423 e. The third-order valence-electron chi connectivity index (χ3n) is 5.75. The molecule has 0 spiro atoms. The number of rotatable bonds is 3. The number of nitrogens with zero attached hydrogens (tertiary/aromatic N) is 4. The second kappa shape index (κ2) is 7.98. The van der Waals surface area contributed by atoms with Crippen LogP contribution in [0.3, 0.4) is 0 Å². The summed E-state index contributed by atoms with van der Waals surface area (Å²) in [6, 6.07) is 5.35. The highest BCUT2D eigenvalue weighted by Crippen LogP contribution is 2.31. The van der Waals surface area contributed by atoms with E-state index < -0.39 is 22.3 Å². The monoisotopic (exact) mass is 466 g/mol. The van der Waals surface area contributed by atoms with E-state index in [4.69, 9.17) is 9.40 Å². The summed E-state index contributed by atoms with van der Waals surface area (Å²) in [4.78, 5) is 47.0. The summed E-state index contributed by atoms with van der Waals surface area (Å²) < 4.78 is 7.84. The van der Waals surface area contributed by atoms with Gasteiger partial charge in [-0.05, 0) is 42.7 Å². The van der Waals surface area contributed by atoms with Gasteiger partial charge in [-0.2, -0.15) is 0 Å². The Bertz CT molecular complexity index is 1610. The summed E-state index contributed by atoms with van der Waals surface area (Å²) in [6.45, 7) is 9.90. The van der Waals surface area contributed by atoms with E-state index in [1.54, 1.807) is 7.05 Å². The third kappa shape index (κ3) is 4.01. The van der Waals surface area contributed by atoms with Gasteiger partial charge in [-0.15, -0.1) is 11.8 Å². The molecular formula is C24H26N4O4S. The molecule has 0 radical (unpaired) electrons. The Morgan fingerprint density at radius 2 is 1.64 bits per heavy atom. The van der Waals surface area contributed by atoms with Gasteiger partial charge in [0, 0.05) is 36.7 Å². The molecule has 0 bridgehead atoms. The van der Waals surface area contributed by atoms with E-state index in [0.717, 1.165) is 26.6 Å². The van der Waals surface area contributed by atoms with E-state index in [0.29, 0.717) is 27.8 Å². The molecule has 4 aromatic rings. The van der Waals surface area contributed by atoms with Crippen molar-refractivity contribution in [2.45, 2.75) is 50.8 Å². The fourth-order valence-electron chi connectivity index (χ4n) is 3.62. The van der Waals surface area contributed by atoms with Crippen LogP contribution in [-0.4, -0.2) is 19.1 Å². The van der Waals surface area contributed by atoms with Crippen molar-refractivity contribution in [1.29, 1.82) is 0 Å². The summed E-state index contributed by atoms with van der Waals surface area (Å²) >= 11 is 1.34. The van der Waals surface area contributed by atoms with E-state index in [1.165, 1.54) is 29.4 Å². The maximum atomic E-state index is 13.0. The van der Waals surface area contributed by atoms with Crippen LogP contribution in [0.15, 0.2) is 42.0 Å². The van der Waals surface area contributed by atoms with Crippen molar-refractivity contribution < 1.29 is 4.42 Å². The first-order chi connectivity index (χ1) is 15.4. The van der Waals surface area contributed by atoms with Crippen LogP contribution >= 0.6 is 11.8 Å². The molecule has 3 aromatic heterocycles. The van der Waals surface area contributed by atoms with Crippen molar-refractivity contribution in [3.05, 3.63) is 72.0 Å². The van der Waals surface area contributed by atoms with Crippen molar-refractivity contribution in [2.24, 2.45) is 14.1 Å². The smallest absolute Gasteiger partial charge is 0.336 e. The first-order valence-corrected chi connectivity index (χ1v) is 11.5. The summed E-state index contributed by atoms with van der Waals surface area (Å²) in [5.41, 5.74) is 2.04. The Kier molecular flexibility index (Phi) is 5.56. The summed E-state index contributed by atoms with van der Waals surface area (Å²) in [5.74, 6) is 0.927. The molecule has 0 aliphatic carbocycles. The fourth-order valence-corrected chi connectivity index (χ4v) is 4.62. The van der Waals surface area contributed by atoms with Crippen LogP contribution in [0.1, 0.15) is 43.3 Å². The van der Waals surface area contributed by atoms with Crippen LogP contribution < -0.4 is 16.9 Å². The normalized spacial score (nSPS) is 12.1. The molecule has 0 atom stereocenters. The van der Waals surface area contributed by atoms with Gasteiger partial charge in [-0.25, -0.2) is 19.6 Å². The molecule has 3 heterocycles. The molecule has 0 fully saturated rings. The van der Waals surface area contributed by atoms with E-state index in [9.17, 15) is 14.4 Å². The lowest BCUT2D eigenvalue weighted by atomic mass is 9.96. The average molecular weight is 467 g/mol. The van der Waals surface area contributed by atoms with Gasteiger partial charge in [0.25, 0.3) is 5.56 Å². The second-order valence-corrected chi connectivity index (χ2v) is 10.3. The van der Waals surface area contributed by atoms with E-state index in [1.807, 2.05) is 46.8 Å². The molecule has 4 rings (SSSR count). The van der Waals surface area contributed by atoms with Gasteiger partial charge in [0.2, 0.25) is 0 Å². The van der Waals surface area contributed by atoms with Gasteiger partial charge in [-0.1, -0.05) is 20.8 Å². The molecule has 0 saturated heterocycles. The zero-order chi connectivity index (χ0) is 24.2. The number of aryl methyl sites for hydroxylation is 3. The number of thioether (sulfide) groups is 1. The number of fused-ring (bicyclic) bond motifs is 2. The van der Waals surface area contributed by atoms with Crippen LogP contribution in [-0.2, 0) is 25.3 Å². The van der Waals surface area contributed by atoms with Gasteiger partial charge in [0.1, 0.15) is 21.8 Å². The van der Waals surface area contributed by atoms with Crippen LogP contribution in [0.2, 0.25) is 0 Å². The average Bonchev–Trinajstić information content (AvgIpc) is 2.74. The standard InChI is InChI=1S/C24H26N4O4S/c1-12-8-15-14(10-17(29)32-16(15)9-13(12)2)11-33-20-18-19(25-22(26-20)24(3,4)5)27(6)23(31)28(7)21(18)30/h8-10H,11H2,1-7H3. The predicted octanol–water partition coefficient (Wildman–Crippen LogP) is 3.34. The molecule has 1 aromatic carbocycles. The molecule has 172 valence electrons. The highest BCUT2D eigenvalue weighted by Gasteiger charge is 2.24. The number of hydrogen-bond donors (Lipinski definition) is 0. The van der Waals surface area contributed by atoms with Crippen molar-refractivity contribution in [2.75, 3.05) is 0 Å². The Labute approximate surface area is 194 Å². The summed E-state index contributed by atoms with van der Waals surface area (Å²) in [7, 11) is 3.04. The van der Waals surface area contributed by atoms with Gasteiger partial charge < -0.3 is 4.42 Å². The molecule has 0 aliphatic rings. The number of aromatic nitrogens is 4. The first-order valence-electron chi connectivity index (χ1n) is 10.5. The maximum Gasteiger partial charge on any atom is 0.336 e. The SMILES string of the molecule is Cc1cc2oc(=O)cc(CSc3nc(C(C)(C)C)nc4c3c(=O)n(C)c(=O)n4C)c2cc1C. The molecular weight excluding hydrogens is 440 g/mol.